The number of urea groups is 1. The van der Waals surface area contributed by atoms with E-state index in [1.54, 1.807) is 0 Å². The fraction of sp³-hybridized carbons (Fsp3) is 0.263. The van der Waals surface area contributed by atoms with Crippen LogP contribution in [-0.4, -0.2) is 40.4 Å². The zero-order chi connectivity index (χ0) is 24.6. The number of carbonyl (C=O) groups excluding carboxylic acids is 2. The summed E-state index contributed by atoms with van der Waals surface area (Å²) in [7, 11) is 0. The number of amides is 2. The number of alkyl halides is 5. The van der Waals surface area contributed by atoms with Gasteiger partial charge in [-0.25, -0.2) is 4.79 Å². The molecule has 1 saturated heterocycles. The van der Waals surface area contributed by atoms with Crippen molar-refractivity contribution in [3.05, 3.63) is 69.8 Å². The first-order valence-corrected chi connectivity index (χ1v) is 9.05. The van der Waals surface area contributed by atoms with Gasteiger partial charge < -0.3 is 20.5 Å². The smallest absolute Gasteiger partial charge is 0.434 e. The topological polar surface area (TPSA) is 131 Å². The van der Waals surface area contributed by atoms with Crippen LogP contribution >= 0.6 is 0 Å². The van der Waals surface area contributed by atoms with Crippen molar-refractivity contribution < 1.29 is 46.3 Å². The van der Waals surface area contributed by atoms with Crippen molar-refractivity contribution >= 4 is 17.5 Å². The largest absolute Gasteiger partial charge is 0.437 e. The van der Waals surface area contributed by atoms with Crippen LogP contribution in [-0.2, 0) is 0 Å². The third kappa shape index (κ3) is 4.55. The zero-order valence-electron chi connectivity index (χ0n) is 16.2. The maximum atomic E-state index is 13.9. The number of carbonyl (C=O) groups is 2. The highest BCUT2D eigenvalue weighted by Gasteiger charge is 2.66. The second-order valence-electron chi connectivity index (χ2n) is 6.91. The van der Waals surface area contributed by atoms with Gasteiger partial charge in [-0.3, -0.25) is 14.9 Å². The molecule has 0 aromatic heterocycles. The number of hydrogen-bond acceptors (Lipinski definition) is 6. The first-order valence-electron chi connectivity index (χ1n) is 9.05. The number of ketones is 1. The molecule has 3 atom stereocenters. The Bertz CT molecular complexity index is 1080. The summed E-state index contributed by atoms with van der Waals surface area (Å²) in [5.74, 6) is -4.75. The van der Waals surface area contributed by atoms with E-state index in [0.717, 1.165) is 18.2 Å². The lowest BCUT2D eigenvalue weighted by atomic mass is 9.77. The number of nitrogens with zero attached hydrogens (tertiary/aromatic N) is 1. The lowest BCUT2D eigenvalue weighted by Crippen LogP contribution is -2.72. The standard InChI is InChI=1S/C19H14F5N3O6/c20-16(21)33-12-7-6-10(27(31)32)8-11(12)14-13(15(28)9-4-2-1-3-5-9)18(30,19(22,23)24)26-17(29)25-14/h1-8,13-14,16,30H,(H2,25,26,29). The van der Waals surface area contributed by atoms with Gasteiger partial charge in [0.1, 0.15) is 11.7 Å². The van der Waals surface area contributed by atoms with E-state index in [1.165, 1.54) is 23.5 Å². The molecule has 14 heteroatoms. The van der Waals surface area contributed by atoms with Crippen molar-refractivity contribution in [3.63, 3.8) is 0 Å². The maximum Gasteiger partial charge on any atom is 0.437 e. The van der Waals surface area contributed by atoms with Gasteiger partial charge in [-0.1, -0.05) is 30.3 Å². The average Bonchev–Trinajstić information content (AvgIpc) is 2.72. The molecular formula is C19H14F5N3O6. The van der Waals surface area contributed by atoms with Crippen LogP contribution in [0.4, 0.5) is 32.4 Å². The Labute approximate surface area is 181 Å². The van der Waals surface area contributed by atoms with Gasteiger partial charge in [0.15, 0.2) is 5.78 Å². The Hall–Kier alpha value is -3.81. The molecule has 2 aromatic carbocycles. The van der Waals surface area contributed by atoms with Crippen LogP contribution in [0.2, 0.25) is 0 Å². The molecule has 176 valence electrons. The molecule has 33 heavy (non-hydrogen) atoms. The number of hydrogen-bond donors (Lipinski definition) is 3. The number of nitrogens with one attached hydrogen (secondary N) is 2. The molecule has 2 amide bonds. The highest BCUT2D eigenvalue weighted by molar-refractivity contribution is 6.00. The lowest BCUT2D eigenvalue weighted by Gasteiger charge is -2.45. The molecule has 1 aliphatic heterocycles. The summed E-state index contributed by atoms with van der Waals surface area (Å²) < 4.78 is 71.9. The SMILES string of the molecule is O=C1NC(c2cc([N+](=O)[O-])ccc2OC(F)F)C(C(=O)c2ccccc2)C(O)(C(F)(F)F)N1. The zero-order valence-corrected chi connectivity index (χ0v) is 16.2. The van der Waals surface area contributed by atoms with E-state index in [-0.39, 0.29) is 5.56 Å². The molecular weight excluding hydrogens is 461 g/mol. The quantitative estimate of drug-likeness (QED) is 0.254. The molecule has 0 saturated carbocycles. The predicted molar refractivity (Wildman–Crippen MR) is 99.4 cm³/mol. The Balaban J connectivity index is 2.27. The van der Waals surface area contributed by atoms with Crippen LogP contribution in [0.5, 0.6) is 5.75 Å². The maximum absolute atomic E-state index is 13.9. The molecule has 1 aliphatic rings. The van der Waals surface area contributed by atoms with Crippen LogP contribution in [0, 0.1) is 16.0 Å². The number of ether oxygens (including phenoxy) is 1. The van der Waals surface area contributed by atoms with Gasteiger partial charge in [0.2, 0.25) is 5.72 Å². The van der Waals surface area contributed by atoms with Gasteiger partial charge >= 0.3 is 18.8 Å². The molecule has 0 aliphatic carbocycles. The van der Waals surface area contributed by atoms with E-state index in [0.29, 0.717) is 12.1 Å². The highest BCUT2D eigenvalue weighted by atomic mass is 19.4. The Morgan fingerprint density at radius 3 is 2.36 bits per heavy atom. The fourth-order valence-electron chi connectivity index (χ4n) is 3.48. The lowest BCUT2D eigenvalue weighted by molar-refractivity contribution is -0.385. The monoisotopic (exact) mass is 475 g/mol. The molecule has 3 unspecified atom stereocenters. The van der Waals surface area contributed by atoms with Gasteiger partial charge in [0.25, 0.3) is 5.69 Å². The fourth-order valence-corrected chi connectivity index (χ4v) is 3.48. The summed E-state index contributed by atoms with van der Waals surface area (Å²) in [5.41, 5.74) is -5.95. The number of rotatable bonds is 6. The second-order valence-corrected chi connectivity index (χ2v) is 6.91. The van der Waals surface area contributed by atoms with Crippen LogP contribution in [0.3, 0.4) is 0 Å². The molecule has 0 spiro atoms. The van der Waals surface area contributed by atoms with Crippen molar-refractivity contribution in [1.82, 2.24) is 10.6 Å². The predicted octanol–water partition coefficient (Wildman–Crippen LogP) is 3.30. The van der Waals surface area contributed by atoms with Crippen LogP contribution < -0.4 is 15.4 Å². The van der Waals surface area contributed by atoms with E-state index < -0.39 is 64.2 Å². The van der Waals surface area contributed by atoms with Crippen molar-refractivity contribution in [2.75, 3.05) is 0 Å². The minimum atomic E-state index is -5.61. The minimum Gasteiger partial charge on any atom is -0.434 e. The summed E-state index contributed by atoms with van der Waals surface area (Å²) in [6, 6.07) is 4.63. The molecule has 1 fully saturated rings. The summed E-state index contributed by atoms with van der Waals surface area (Å²) in [6.45, 7) is -3.49. The summed E-state index contributed by atoms with van der Waals surface area (Å²) in [6.07, 6.45) is -5.61. The number of aliphatic hydroxyl groups is 1. The van der Waals surface area contributed by atoms with Crippen molar-refractivity contribution in [2.45, 2.75) is 24.6 Å². The van der Waals surface area contributed by atoms with Crippen molar-refractivity contribution in [1.29, 1.82) is 0 Å². The third-order valence-corrected chi connectivity index (χ3v) is 4.90. The normalized spacial score (nSPS) is 22.9. The second kappa shape index (κ2) is 8.61. The van der Waals surface area contributed by atoms with Gasteiger partial charge in [-0.2, -0.15) is 22.0 Å². The number of non-ortho nitro benzene ring substituents is 1. The van der Waals surface area contributed by atoms with Crippen molar-refractivity contribution in [2.24, 2.45) is 5.92 Å². The van der Waals surface area contributed by atoms with E-state index in [9.17, 15) is 46.8 Å². The molecule has 2 aromatic rings. The summed E-state index contributed by atoms with van der Waals surface area (Å²) in [5, 5.41) is 24.9. The van der Waals surface area contributed by atoms with Crippen LogP contribution in [0.1, 0.15) is 22.0 Å². The Morgan fingerprint density at radius 2 is 1.82 bits per heavy atom. The molecule has 0 radical (unpaired) electrons. The summed E-state index contributed by atoms with van der Waals surface area (Å²) >= 11 is 0. The highest BCUT2D eigenvalue weighted by Crippen LogP contribution is 2.46. The minimum absolute atomic E-state index is 0.310. The van der Waals surface area contributed by atoms with Gasteiger partial charge in [0.05, 0.1) is 11.0 Å². The first-order chi connectivity index (χ1) is 15.3. The number of halogens is 5. The number of Topliss-reactive ketones (excluding diaryl/α,β-unsaturated/α-hetero) is 1. The van der Waals surface area contributed by atoms with Gasteiger partial charge in [-0.15, -0.1) is 0 Å². The number of nitro benzene ring substituents is 1. The van der Waals surface area contributed by atoms with Gasteiger partial charge in [-0.05, 0) is 6.07 Å². The summed E-state index contributed by atoms with van der Waals surface area (Å²) in [4.78, 5) is 35.4. The first kappa shape index (κ1) is 23.8. The third-order valence-electron chi connectivity index (χ3n) is 4.90. The molecule has 0 bridgehead atoms. The van der Waals surface area contributed by atoms with E-state index in [2.05, 4.69) is 4.74 Å². The molecule has 1 heterocycles. The van der Waals surface area contributed by atoms with Gasteiger partial charge in [0, 0.05) is 23.3 Å². The number of benzene rings is 2. The Morgan fingerprint density at radius 1 is 1.18 bits per heavy atom. The van der Waals surface area contributed by atoms with E-state index in [4.69, 9.17) is 0 Å². The van der Waals surface area contributed by atoms with E-state index >= 15 is 0 Å². The van der Waals surface area contributed by atoms with Crippen molar-refractivity contribution in [3.8, 4) is 5.75 Å². The van der Waals surface area contributed by atoms with E-state index in [1.807, 2.05) is 5.32 Å². The number of nitro groups is 1. The van der Waals surface area contributed by atoms with Crippen LogP contribution in [0.25, 0.3) is 0 Å². The average molecular weight is 475 g/mol. The molecule has 3 rings (SSSR count). The Kier molecular flexibility index (Phi) is 6.22. The van der Waals surface area contributed by atoms with Crippen LogP contribution in [0.15, 0.2) is 48.5 Å². The molecule has 9 nitrogen and oxygen atoms in total. The molecule has 3 N–H and O–H groups in total.